The molecular weight excluding hydrogens is 331 g/mol. The van der Waals surface area contributed by atoms with Gasteiger partial charge in [0.1, 0.15) is 18.2 Å². The number of nitrogens with one attached hydrogen (secondary N) is 1. The molecule has 0 bridgehead atoms. The summed E-state index contributed by atoms with van der Waals surface area (Å²) in [5, 5.41) is 2.99. The number of likely N-dealkylation sites (N-methyl/N-ethyl adjacent to an activating group) is 1. The van der Waals surface area contributed by atoms with Gasteiger partial charge in [-0.1, -0.05) is 18.2 Å². The molecular formula is C21H25FN2O2. The monoisotopic (exact) mass is 356 g/mol. The lowest BCUT2D eigenvalue weighted by atomic mass is 10.2. The number of nitrogens with zero attached hydrogens (tertiary/aromatic N) is 1. The minimum absolute atomic E-state index is 0.103. The van der Waals surface area contributed by atoms with Crippen LogP contribution in [0.4, 0.5) is 4.39 Å². The molecule has 1 N–H and O–H groups in total. The first-order chi connectivity index (χ1) is 12.5. The van der Waals surface area contributed by atoms with Crippen molar-refractivity contribution < 1.29 is 13.9 Å². The van der Waals surface area contributed by atoms with Crippen LogP contribution in [0.5, 0.6) is 5.75 Å². The second-order valence-corrected chi connectivity index (χ2v) is 6.90. The molecule has 0 heterocycles. The van der Waals surface area contributed by atoms with Crippen molar-refractivity contribution in [1.82, 2.24) is 10.2 Å². The molecule has 2 aromatic rings. The topological polar surface area (TPSA) is 41.6 Å². The number of carbonyl (C=O) groups excluding carboxylic acids is 1. The lowest BCUT2D eigenvalue weighted by molar-refractivity contribution is 0.0939. The molecule has 26 heavy (non-hydrogen) atoms. The van der Waals surface area contributed by atoms with E-state index in [1.54, 1.807) is 30.3 Å². The standard InChI is InChI=1S/C21H25FN2O2/c1-15(24(2)19-10-11-19)13-23-21(25)17-4-3-5-20(12-17)26-14-16-6-8-18(22)9-7-16/h3-9,12,15,19H,10-11,13-14H2,1-2H3,(H,23,25). The van der Waals surface area contributed by atoms with E-state index in [-0.39, 0.29) is 11.7 Å². The molecule has 1 saturated carbocycles. The van der Waals surface area contributed by atoms with Gasteiger partial charge in [0.2, 0.25) is 0 Å². The van der Waals surface area contributed by atoms with Gasteiger partial charge < -0.3 is 10.1 Å². The molecule has 1 atom stereocenters. The van der Waals surface area contributed by atoms with Crippen LogP contribution in [0.1, 0.15) is 35.7 Å². The van der Waals surface area contributed by atoms with Gasteiger partial charge in [-0.2, -0.15) is 0 Å². The maximum absolute atomic E-state index is 12.9. The van der Waals surface area contributed by atoms with Crippen LogP contribution in [0.15, 0.2) is 48.5 Å². The number of amides is 1. The first kappa shape index (κ1) is 18.4. The van der Waals surface area contributed by atoms with Crippen molar-refractivity contribution in [1.29, 1.82) is 0 Å². The minimum atomic E-state index is -0.269. The number of halogens is 1. The van der Waals surface area contributed by atoms with Crippen LogP contribution in [0.3, 0.4) is 0 Å². The number of hydrogen-bond acceptors (Lipinski definition) is 3. The molecule has 5 heteroatoms. The Bertz CT molecular complexity index is 744. The third-order valence-corrected chi connectivity index (χ3v) is 4.79. The van der Waals surface area contributed by atoms with Gasteiger partial charge in [0.05, 0.1) is 0 Å². The fraction of sp³-hybridized carbons (Fsp3) is 0.381. The Hall–Kier alpha value is -2.40. The summed E-state index contributed by atoms with van der Waals surface area (Å²) in [7, 11) is 2.11. The van der Waals surface area contributed by atoms with Gasteiger partial charge in [-0.25, -0.2) is 4.39 Å². The molecule has 1 amide bonds. The molecule has 1 unspecified atom stereocenters. The predicted molar refractivity (Wildman–Crippen MR) is 99.8 cm³/mol. The Kier molecular flexibility index (Phi) is 5.89. The Morgan fingerprint density at radius 3 is 2.69 bits per heavy atom. The Morgan fingerprint density at radius 2 is 2.00 bits per heavy atom. The van der Waals surface area contributed by atoms with Crippen molar-refractivity contribution in [2.24, 2.45) is 0 Å². The van der Waals surface area contributed by atoms with Crippen molar-refractivity contribution in [3.8, 4) is 5.75 Å². The fourth-order valence-electron chi connectivity index (χ4n) is 2.80. The maximum Gasteiger partial charge on any atom is 0.251 e. The minimum Gasteiger partial charge on any atom is -0.489 e. The summed E-state index contributed by atoms with van der Waals surface area (Å²) in [6.45, 7) is 3.07. The average Bonchev–Trinajstić information content (AvgIpc) is 3.50. The molecule has 138 valence electrons. The Labute approximate surface area is 154 Å². The molecule has 3 rings (SSSR count). The van der Waals surface area contributed by atoms with E-state index in [0.29, 0.717) is 36.5 Å². The van der Waals surface area contributed by atoms with Crippen LogP contribution >= 0.6 is 0 Å². The molecule has 4 nitrogen and oxygen atoms in total. The predicted octanol–water partition coefficient (Wildman–Crippen LogP) is 3.62. The van der Waals surface area contributed by atoms with E-state index in [0.717, 1.165) is 5.56 Å². The van der Waals surface area contributed by atoms with Crippen LogP contribution in [-0.4, -0.2) is 36.5 Å². The Balaban J connectivity index is 1.52. The molecule has 2 aromatic carbocycles. The molecule has 1 fully saturated rings. The third-order valence-electron chi connectivity index (χ3n) is 4.79. The first-order valence-corrected chi connectivity index (χ1v) is 9.00. The van der Waals surface area contributed by atoms with Crippen molar-refractivity contribution in [3.63, 3.8) is 0 Å². The van der Waals surface area contributed by atoms with Crippen LogP contribution in [0.25, 0.3) is 0 Å². The zero-order chi connectivity index (χ0) is 18.5. The van der Waals surface area contributed by atoms with Crippen molar-refractivity contribution in [2.75, 3.05) is 13.6 Å². The number of ether oxygens (including phenoxy) is 1. The highest BCUT2D eigenvalue weighted by molar-refractivity contribution is 5.94. The van der Waals surface area contributed by atoms with Crippen molar-refractivity contribution in [3.05, 3.63) is 65.5 Å². The van der Waals surface area contributed by atoms with Gasteiger partial charge in [-0.15, -0.1) is 0 Å². The number of benzene rings is 2. The summed E-state index contributed by atoms with van der Waals surface area (Å²) < 4.78 is 18.6. The maximum atomic E-state index is 12.9. The molecule has 0 aliphatic heterocycles. The molecule has 0 spiro atoms. The summed E-state index contributed by atoms with van der Waals surface area (Å²) in [5.41, 5.74) is 1.45. The highest BCUT2D eigenvalue weighted by Crippen LogP contribution is 2.26. The fourth-order valence-corrected chi connectivity index (χ4v) is 2.80. The van der Waals surface area contributed by atoms with E-state index in [4.69, 9.17) is 4.74 Å². The third kappa shape index (κ3) is 5.05. The largest absolute Gasteiger partial charge is 0.489 e. The van der Waals surface area contributed by atoms with Gasteiger partial charge in [0.25, 0.3) is 5.91 Å². The SMILES string of the molecule is CC(CNC(=O)c1cccc(OCc2ccc(F)cc2)c1)N(C)C1CC1. The van der Waals surface area contributed by atoms with Crippen LogP contribution in [-0.2, 0) is 6.61 Å². The molecule has 0 radical (unpaired) electrons. The summed E-state index contributed by atoms with van der Waals surface area (Å²) in [5.74, 6) is 0.243. The normalized spacial score (nSPS) is 14.9. The first-order valence-electron chi connectivity index (χ1n) is 9.00. The molecule has 0 aromatic heterocycles. The smallest absolute Gasteiger partial charge is 0.251 e. The number of rotatable bonds is 8. The highest BCUT2D eigenvalue weighted by atomic mass is 19.1. The van der Waals surface area contributed by atoms with Crippen molar-refractivity contribution >= 4 is 5.91 Å². The number of carbonyl (C=O) groups is 1. The summed E-state index contributed by atoms with van der Waals surface area (Å²) in [6, 6.07) is 14.3. The van der Waals surface area contributed by atoms with Gasteiger partial charge >= 0.3 is 0 Å². The average molecular weight is 356 g/mol. The lowest BCUT2D eigenvalue weighted by Crippen LogP contribution is -2.41. The summed E-state index contributed by atoms with van der Waals surface area (Å²) in [4.78, 5) is 14.7. The zero-order valence-corrected chi connectivity index (χ0v) is 15.2. The quantitative estimate of drug-likeness (QED) is 0.785. The van der Waals surface area contributed by atoms with E-state index in [2.05, 4.69) is 24.2 Å². The molecule has 1 aliphatic rings. The van der Waals surface area contributed by atoms with Gasteiger partial charge in [0, 0.05) is 24.2 Å². The Morgan fingerprint density at radius 1 is 1.27 bits per heavy atom. The number of hydrogen-bond donors (Lipinski definition) is 1. The zero-order valence-electron chi connectivity index (χ0n) is 15.2. The molecule has 1 aliphatic carbocycles. The summed E-state index contributed by atoms with van der Waals surface area (Å²) in [6.07, 6.45) is 2.50. The van der Waals surface area contributed by atoms with E-state index in [9.17, 15) is 9.18 Å². The van der Waals surface area contributed by atoms with E-state index in [1.165, 1.54) is 25.0 Å². The molecule has 0 saturated heterocycles. The van der Waals surface area contributed by atoms with Crippen LogP contribution < -0.4 is 10.1 Å². The summed E-state index contributed by atoms with van der Waals surface area (Å²) >= 11 is 0. The van der Waals surface area contributed by atoms with Gasteiger partial charge in [0.15, 0.2) is 0 Å². The van der Waals surface area contributed by atoms with E-state index in [1.807, 2.05) is 6.07 Å². The van der Waals surface area contributed by atoms with Gasteiger partial charge in [-0.05, 0) is 62.7 Å². The second kappa shape index (κ2) is 8.32. The second-order valence-electron chi connectivity index (χ2n) is 6.90. The van der Waals surface area contributed by atoms with E-state index >= 15 is 0 Å². The highest BCUT2D eigenvalue weighted by Gasteiger charge is 2.29. The van der Waals surface area contributed by atoms with Crippen molar-refractivity contribution in [2.45, 2.75) is 38.5 Å². The van der Waals surface area contributed by atoms with Crippen LogP contribution in [0, 0.1) is 5.82 Å². The van der Waals surface area contributed by atoms with Crippen LogP contribution in [0.2, 0.25) is 0 Å². The lowest BCUT2D eigenvalue weighted by Gasteiger charge is -2.24. The van der Waals surface area contributed by atoms with Gasteiger partial charge in [-0.3, -0.25) is 9.69 Å². The van der Waals surface area contributed by atoms with E-state index < -0.39 is 0 Å².